The van der Waals surface area contributed by atoms with Gasteiger partial charge in [-0.3, -0.25) is 4.79 Å². The van der Waals surface area contributed by atoms with Gasteiger partial charge in [-0.2, -0.15) is 5.26 Å². The van der Waals surface area contributed by atoms with Gasteiger partial charge in [-0.15, -0.1) is 11.8 Å². The quantitative estimate of drug-likeness (QED) is 0.755. The Balaban J connectivity index is 2.87. The summed E-state index contributed by atoms with van der Waals surface area (Å²) in [5.74, 6) is -1.07. The van der Waals surface area contributed by atoms with Crippen molar-refractivity contribution in [2.45, 2.75) is 31.2 Å². The second kappa shape index (κ2) is 8.32. The molecule has 112 valence electrons. The Hall–Kier alpha value is -2.00. The Bertz CT molecular complexity index is 552. The molecule has 1 aromatic rings. The van der Waals surface area contributed by atoms with Gasteiger partial charge in [0.25, 0.3) is 5.91 Å². The number of nitriles is 1. The second-order valence-electron chi connectivity index (χ2n) is 4.94. The van der Waals surface area contributed by atoms with Gasteiger partial charge in [0.15, 0.2) is 0 Å². The molecule has 0 saturated heterocycles. The van der Waals surface area contributed by atoms with Crippen LogP contribution < -0.4 is 5.32 Å². The largest absolute Gasteiger partial charge is 0.480 e. The third-order valence-corrected chi connectivity index (χ3v) is 3.67. The molecule has 0 aromatic heterocycles. The van der Waals surface area contributed by atoms with Crippen LogP contribution >= 0.6 is 11.8 Å². The number of benzene rings is 1. The number of carbonyl (C=O) groups excluding carboxylic acids is 1. The maximum absolute atomic E-state index is 12.3. The highest BCUT2D eigenvalue weighted by atomic mass is 32.2. The van der Waals surface area contributed by atoms with Crippen LogP contribution in [0.15, 0.2) is 29.2 Å². The number of aliphatic carboxylic acids is 1. The molecule has 1 atom stereocenters. The number of nitrogens with zero attached hydrogens (tertiary/aromatic N) is 1. The number of thioether (sulfide) groups is 1. The zero-order valence-corrected chi connectivity index (χ0v) is 12.8. The van der Waals surface area contributed by atoms with Gasteiger partial charge >= 0.3 is 5.97 Å². The van der Waals surface area contributed by atoms with Gasteiger partial charge in [0.1, 0.15) is 6.04 Å². The van der Waals surface area contributed by atoms with Gasteiger partial charge in [-0.1, -0.05) is 26.0 Å². The summed E-state index contributed by atoms with van der Waals surface area (Å²) in [7, 11) is 0. The molecule has 0 spiro atoms. The molecule has 5 nitrogen and oxygen atoms in total. The standard InChI is InChI=1S/C15H18N2O3S/c1-10(2)9-12(15(19)20)17-14(18)11-5-3-4-6-13(11)21-8-7-16/h3-6,10,12H,8-9H2,1-2H3,(H,17,18)(H,19,20)/t12-/m0/s1. The summed E-state index contributed by atoms with van der Waals surface area (Å²) in [6.07, 6.45) is 0.370. The summed E-state index contributed by atoms with van der Waals surface area (Å²) in [4.78, 5) is 24.1. The third kappa shape index (κ3) is 5.48. The Kier molecular flexibility index (Phi) is 6.76. The van der Waals surface area contributed by atoms with Crippen molar-refractivity contribution in [1.29, 1.82) is 5.26 Å². The molecular weight excluding hydrogens is 288 g/mol. The van der Waals surface area contributed by atoms with Gasteiger partial charge < -0.3 is 10.4 Å². The lowest BCUT2D eigenvalue weighted by Crippen LogP contribution is -2.41. The first-order chi connectivity index (χ1) is 9.95. The zero-order chi connectivity index (χ0) is 15.8. The summed E-state index contributed by atoms with van der Waals surface area (Å²) in [6, 6.07) is 7.96. The molecular formula is C15H18N2O3S. The fraction of sp³-hybridized carbons (Fsp3) is 0.400. The molecule has 0 radical (unpaired) electrons. The van der Waals surface area contributed by atoms with E-state index in [1.807, 2.05) is 19.9 Å². The van der Waals surface area contributed by atoms with E-state index in [1.165, 1.54) is 11.8 Å². The number of carbonyl (C=O) groups is 2. The molecule has 0 aliphatic heterocycles. The maximum atomic E-state index is 12.3. The van der Waals surface area contributed by atoms with Crippen LogP contribution in [0.25, 0.3) is 0 Å². The molecule has 0 aliphatic carbocycles. The van der Waals surface area contributed by atoms with Gasteiger partial charge in [0.05, 0.1) is 17.4 Å². The van der Waals surface area contributed by atoms with Crippen LogP contribution in [0.4, 0.5) is 0 Å². The molecule has 6 heteroatoms. The first-order valence-corrected chi connectivity index (χ1v) is 7.56. The summed E-state index contributed by atoms with van der Waals surface area (Å²) in [5, 5.41) is 20.3. The Labute approximate surface area is 128 Å². The van der Waals surface area contributed by atoms with E-state index in [-0.39, 0.29) is 11.7 Å². The minimum absolute atomic E-state index is 0.162. The molecule has 1 rings (SSSR count). The predicted octanol–water partition coefficient (Wildman–Crippen LogP) is 2.53. The van der Waals surface area contributed by atoms with E-state index in [0.29, 0.717) is 16.9 Å². The molecule has 0 fully saturated rings. The fourth-order valence-corrected chi connectivity index (χ4v) is 2.53. The molecule has 1 amide bonds. The minimum atomic E-state index is -1.04. The predicted molar refractivity (Wildman–Crippen MR) is 81.1 cm³/mol. The van der Waals surface area contributed by atoms with Crippen molar-refractivity contribution in [3.8, 4) is 6.07 Å². The van der Waals surface area contributed by atoms with Gasteiger partial charge in [0, 0.05) is 4.90 Å². The number of nitrogens with one attached hydrogen (secondary N) is 1. The molecule has 1 aromatic carbocycles. The molecule has 0 unspecified atom stereocenters. The first-order valence-electron chi connectivity index (χ1n) is 6.58. The number of rotatable bonds is 7. The maximum Gasteiger partial charge on any atom is 0.326 e. The lowest BCUT2D eigenvalue weighted by Gasteiger charge is -2.17. The summed E-state index contributed by atoms with van der Waals surface area (Å²) in [6.45, 7) is 3.80. The van der Waals surface area contributed by atoms with Crippen molar-refractivity contribution in [3.63, 3.8) is 0 Å². The lowest BCUT2D eigenvalue weighted by atomic mass is 10.0. The average molecular weight is 306 g/mol. The SMILES string of the molecule is CC(C)C[C@H](NC(=O)c1ccccc1SCC#N)C(=O)O. The third-order valence-electron chi connectivity index (χ3n) is 2.73. The Morgan fingerprint density at radius 3 is 2.62 bits per heavy atom. The lowest BCUT2D eigenvalue weighted by molar-refractivity contribution is -0.139. The van der Waals surface area contributed by atoms with Gasteiger partial charge in [0.2, 0.25) is 0 Å². The summed E-state index contributed by atoms with van der Waals surface area (Å²) >= 11 is 1.26. The average Bonchev–Trinajstić information content (AvgIpc) is 2.44. The van der Waals surface area contributed by atoms with Crippen LogP contribution in [0.2, 0.25) is 0 Å². The van der Waals surface area contributed by atoms with Crippen molar-refractivity contribution in [1.82, 2.24) is 5.32 Å². The zero-order valence-electron chi connectivity index (χ0n) is 12.0. The number of amides is 1. The molecule has 0 aliphatic rings. The van der Waals surface area contributed by atoms with E-state index in [9.17, 15) is 9.59 Å². The van der Waals surface area contributed by atoms with Crippen molar-refractivity contribution in [2.24, 2.45) is 5.92 Å². The van der Waals surface area contributed by atoms with Crippen LogP contribution in [0.3, 0.4) is 0 Å². The Morgan fingerprint density at radius 2 is 2.05 bits per heavy atom. The summed E-state index contributed by atoms with van der Waals surface area (Å²) in [5.41, 5.74) is 0.396. The van der Waals surface area contributed by atoms with E-state index in [4.69, 9.17) is 10.4 Å². The molecule has 0 heterocycles. The highest BCUT2D eigenvalue weighted by Gasteiger charge is 2.22. The van der Waals surface area contributed by atoms with E-state index < -0.39 is 17.9 Å². The van der Waals surface area contributed by atoms with E-state index in [1.54, 1.807) is 24.3 Å². The molecule has 0 saturated carbocycles. The summed E-state index contributed by atoms with van der Waals surface area (Å²) < 4.78 is 0. The van der Waals surface area contributed by atoms with Crippen molar-refractivity contribution in [3.05, 3.63) is 29.8 Å². The van der Waals surface area contributed by atoms with Crippen LogP contribution in [0.5, 0.6) is 0 Å². The normalized spacial score (nSPS) is 11.7. The monoisotopic (exact) mass is 306 g/mol. The van der Waals surface area contributed by atoms with E-state index in [0.717, 1.165) is 0 Å². The number of hydrogen-bond donors (Lipinski definition) is 2. The number of carboxylic acid groups (broad SMARTS) is 1. The highest BCUT2D eigenvalue weighted by molar-refractivity contribution is 7.99. The van der Waals surface area contributed by atoms with E-state index in [2.05, 4.69) is 5.32 Å². The van der Waals surface area contributed by atoms with Crippen LogP contribution in [0, 0.1) is 17.2 Å². The molecule has 2 N–H and O–H groups in total. The molecule has 0 bridgehead atoms. The van der Waals surface area contributed by atoms with Gasteiger partial charge in [-0.05, 0) is 24.5 Å². The topological polar surface area (TPSA) is 90.2 Å². The van der Waals surface area contributed by atoms with Crippen LogP contribution in [0.1, 0.15) is 30.6 Å². The van der Waals surface area contributed by atoms with Crippen molar-refractivity contribution < 1.29 is 14.7 Å². The second-order valence-corrected chi connectivity index (χ2v) is 5.95. The van der Waals surface area contributed by atoms with E-state index >= 15 is 0 Å². The van der Waals surface area contributed by atoms with Crippen molar-refractivity contribution >= 4 is 23.6 Å². The van der Waals surface area contributed by atoms with Crippen LogP contribution in [-0.2, 0) is 4.79 Å². The minimum Gasteiger partial charge on any atom is -0.480 e. The first kappa shape index (κ1) is 17.1. The fourth-order valence-electron chi connectivity index (χ4n) is 1.82. The van der Waals surface area contributed by atoms with Crippen LogP contribution in [-0.4, -0.2) is 28.8 Å². The smallest absolute Gasteiger partial charge is 0.326 e. The van der Waals surface area contributed by atoms with Gasteiger partial charge in [-0.25, -0.2) is 4.79 Å². The molecule has 21 heavy (non-hydrogen) atoms. The number of hydrogen-bond acceptors (Lipinski definition) is 4. The van der Waals surface area contributed by atoms with Crippen molar-refractivity contribution in [2.75, 3.05) is 5.75 Å². The highest BCUT2D eigenvalue weighted by Crippen LogP contribution is 2.22. The Morgan fingerprint density at radius 1 is 1.38 bits per heavy atom. The number of carboxylic acids is 1.